The van der Waals surface area contributed by atoms with Crippen molar-refractivity contribution in [3.63, 3.8) is 0 Å². The van der Waals surface area contributed by atoms with E-state index in [1.54, 1.807) is 18.2 Å². The van der Waals surface area contributed by atoms with Crippen molar-refractivity contribution in [2.45, 2.75) is 18.9 Å². The van der Waals surface area contributed by atoms with Crippen molar-refractivity contribution < 1.29 is 4.74 Å². The molecule has 0 radical (unpaired) electrons. The minimum absolute atomic E-state index is 0. The maximum absolute atomic E-state index is 6.03. The highest BCUT2D eigenvalue weighted by Crippen LogP contribution is 2.27. The molecule has 1 aromatic rings. The van der Waals surface area contributed by atoms with Crippen LogP contribution in [-0.4, -0.2) is 37.2 Å². The molecule has 1 aliphatic rings. The van der Waals surface area contributed by atoms with Crippen molar-refractivity contribution in [3.05, 3.63) is 28.2 Å². The molecule has 1 unspecified atom stereocenters. The van der Waals surface area contributed by atoms with Gasteiger partial charge >= 0.3 is 0 Å². The Morgan fingerprint density at radius 2 is 2.16 bits per heavy atom. The standard InChI is InChI=1S/C13H18Cl2N2O.ClH/c14-10-3-4-13(12(15)8-10)18-7-6-17-5-1-2-11(16)9-17;/h3-4,8,11H,1-2,5-7,9,16H2;1H. The maximum atomic E-state index is 6.03. The van der Waals surface area contributed by atoms with Gasteiger partial charge < -0.3 is 10.5 Å². The average Bonchev–Trinajstić information content (AvgIpc) is 2.32. The molecule has 1 atom stereocenters. The molecule has 1 heterocycles. The second-order valence-electron chi connectivity index (χ2n) is 4.63. The van der Waals surface area contributed by atoms with Crippen molar-refractivity contribution in [2.75, 3.05) is 26.2 Å². The Morgan fingerprint density at radius 1 is 1.37 bits per heavy atom. The zero-order valence-corrected chi connectivity index (χ0v) is 13.0. The molecule has 19 heavy (non-hydrogen) atoms. The highest BCUT2D eigenvalue weighted by molar-refractivity contribution is 6.35. The summed E-state index contributed by atoms with van der Waals surface area (Å²) in [4.78, 5) is 2.33. The minimum atomic E-state index is 0. The van der Waals surface area contributed by atoms with E-state index in [1.165, 1.54) is 6.42 Å². The summed E-state index contributed by atoms with van der Waals surface area (Å²) in [5.41, 5.74) is 5.93. The van der Waals surface area contributed by atoms with E-state index in [2.05, 4.69) is 4.90 Å². The van der Waals surface area contributed by atoms with Crippen LogP contribution in [0.15, 0.2) is 18.2 Å². The summed E-state index contributed by atoms with van der Waals surface area (Å²) in [6.45, 7) is 3.56. The molecule has 0 saturated carbocycles. The van der Waals surface area contributed by atoms with Crippen LogP contribution in [0.2, 0.25) is 10.0 Å². The van der Waals surface area contributed by atoms with Gasteiger partial charge in [-0.25, -0.2) is 0 Å². The van der Waals surface area contributed by atoms with E-state index >= 15 is 0 Å². The van der Waals surface area contributed by atoms with Gasteiger partial charge in [0.2, 0.25) is 0 Å². The van der Waals surface area contributed by atoms with Crippen molar-refractivity contribution in [3.8, 4) is 5.75 Å². The average molecular weight is 326 g/mol. The fourth-order valence-corrected chi connectivity index (χ4v) is 2.63. The van der Waals surface area contributed by atoms with E-state index in [0.29, 0.717) is 28.4 Å². The third-order valence-electron chi connectivity index (χ3n) is 3.10. The number of ether oxygens (including phenoxy) is 1. The molecule has 1 saturated heterocycles. The van der Waals surface area contributed by atoms with Gasteiger partial charge in [0.1, 0.15) is 12.4 Å². The van der Waals surface area contributed by atoms with Crippen LogP contribution in [0.3, 0.4) is 0 Å². The van der Waals surface area contributed by atoms with Gasteiger partial charge in [0, 0.05) is 24.2 Å². The summed E-state index contributed by atoms with van der Waals surface area (Å²) in [5, 5.41) is 1.17. The van der Waals surface area contributed by atoms with E-state index in [0.717, 1.165) is 26.1 Å². The van der Waals surface area contributed by atoms with E-state index in [-0.39, 0.29) is 12.4 Å². The molecule has 0 spiro atoms. The molecular formula is C13H19Cl3N2O. The molecule has 0 aromatic heterocycles. The molecule has 108 valence electrons. The number of hydrogen-bond acceptors (Lipinski definition) is 3. The number of rotatable bonds is 4. The number of halogens is 3. The molecule has 3 nitrogen and oxygen atoms in total. The molecule has 1 aliphatic heterocycles. The first kappa shape index (κ1) is 16.9. The number of likely N-dealkylation sites (tertiary alicyclic amines) is 1. The lowest BCUT2D eigenvalue weighted by molar-refractivity contribution is 0.171. The van der Waals surface area contributed by atoms with Crippen LogP contribution in [0, 0.1) is 0 Å². The van der Waals surface area contributed by atoms with Gasteiger partial charge in [-0.05, 0) is 37.6 Å². The fraction of sp³-hybridized carbons (Fsp3) is 0.538. The normalized spacial score (nSPS) is 19.8. The Labute approximate surface area is 130 Å². The van der Waals surface area contributed by atoms with Gasteiger partial charge in [0.15, 0.2) is 0 Å². The lowest BCUT2D eigenvalue weighted by Crippen LogP contribution is -2.44. The van der Waals surface area contributed by atoms with Gasteiger partial charge in [-0.2, -0.15) is 0 Å². The zero-order valence-electron chi connectivity index (χ0n) is 10.6. The van der Waals surface area contributed by atoms with Crippen LogP contribution >= 0.6 is 35.6 Å². The highest BCUT2D eigenvalue weighted by Gasteiger charge is 2.16. The first-order chi connectivity index (χ1) is 8.65. The zero-order chi connectivity index (χ0) is 13.0. The first-order valence-corrected chi connectivity index (χ1v) is 6.96. The number of hydrogen-bond donors (Lipinski definition) is 1. The second kappa shape index (κ2) is 8.18. The highest BCUT2D eigenvalue weighted by atomic mass is 35.5. The van der Waals surface area contributed by atoms with Gasteiger partial charge in [0.25, 0.3) is 0 Å². The monoisotopic (exact) mass is 324 g/mol. The van der Waals surface area contributed by atoms with Crippen LogP contribution < -0.4 is 10.5 Å². The predicted octanol–water partition coefficient (Wildman–Crippen LogP) is 3.22. The van der Waals surface area contributed by atoms with Crippen molar-refractivity contribution >= 4 is 35.6 Å². The molecule has 0 bridgehead atoms. The third kappa shape index (κ3) is 5.36. The van der Waals surface area contributed by atoms with Crippen molar-refractivity contribution in [1.82, 2.24) is 4.90 Å². The predicted molar refractivity (Wildman–Crippen MR) is 82.9 cm³/mol. The number of nitrogens with zero attached hydrogens (tertiary/aromatic N) is 1. The molecule has 0 amide bonds. The summed E-state index contributed by atoms with van der Waals surface area (Å²) in [6, 6.07) is 5.57. The van der Waals surface area contributed by atoms with Crippen LogP contribution in [0.4, 0.5) is 0 Å². The fourth-order valence-electron chi connectivity index (χ4n) is 2.17. The Hall–Kier alpha value is -0.190. The Kier molecular flexibility index (Phi) is 7.26. The van der Waals surface area contributed by atoms with Crippen molar-refractivity contribution in [2.24, 2.45) is 5.73 Å². The molecule has 0 aliphatic carbocycles. The molecule has 2 N–H and O–H groups in total. The Balaban J connectivity index is 0.00000180. The molecule has 6 heteroatoms. The summed E-state index contributed by atoms with van der Waals surface area (Å²) < 4.78 is 5.66. The lowest BCUT2D eigenvalue weighted by Gasteiger charge is -2.30. The minimum Gasteiger partial charge on any atom is -0.491 e. The molecule has 1 aromatic carbocycles. The van der Waals surface area contributed by atoms with Crippen LogP contribution in [0.5, 0.6) is 5.75 Å². The molecule has 1 fully saturated rings. The number of benzene rings is 1. The quantitative estimate of drug-likeness (QED) is 0.924. The smallest absolute Gasteiger partial charge is 0.138 e. The SMILES string of the molecule is Cl.NC1CCCN(CCOc2ccc(Cl)cc2Cl)C1. The van der Waals surface area contributed by atoms with E-state index in [1.807, 2.05) is 0 Å². The third-order valence-corrected chi connectivity index (χ3v) is 3.63. The van der Waals surface area contributed by atoms with Gasteiger partial charge in [-0.15, -0.1) is 12.4 Å². The van der Waals surface area contributed by atoms with Crippen LogP contribution in [0.25, 0.3) is 0 Å². The van der Waals surface area contributed by atoms with Gasteiger partial charge in [0.05, 0.1) is 5.02 Å². The first-order valence-electron chi connectivity index (χ1n) is 6.21. The maximum Gasteiger partial charge on any atom is 0.138 e. The van der Waals surface area contributed by atoms with Crippen molar-refractivity contribution in [1.29, 1.82) is 0 Å². The van der Waals surface area contributed by atoms with E-state index in [4.69, 9.17) is 33.7 Å². The van der Waals surface area contributed by atoms with Crippen LogP contribution in [-0.2, 0) is 0 Å². The largest absolute Gasteiger partial charge is 0.491 e. The molecular weight excluding hydrogens is 307 g/mol. The Morgan fingerprint density at radius 3 is 2.84 bits per heavy atom. The summed E-state index contributed by atoms with van der Waals surface area (Å²) >= 11 is 11.9. The summed E-state index contributed by atoms with van der Waals surface area (Å²) in [7, 11) is 0. The molecule has 2 rings (SSSR count). The second-order valence-corrected chi connectivity index (χ2v) is 5.47. The number of piperidine rings is 1. The van der Waals surface area contributed by atoms with E-state index in [9.17, 15) is 0 Å². The Bertz CT molecular complexity index is 403. The van der Waals surface area contributed by atoms with Gasteiger partial charge in [-0.3, -0.25) is 4.90 Å². The summed E-state index contributed by atoms with van der Waals surface area (Å²) in [6.07, 6.45) is 2.29. The lowest BCUT2D eigenvalue weighted by atomic mass is 10.1. The van der Waals surface area contributed by atoms with E-state index < -0.39 is 0 Å². The summed E-state index contributed by atoms with van der Waals surface area (Å²) in [5.74, 6) is 0.683. The van der Waals surface area contributed by atoms with Crippen LogP contribution in [0.1, 0.15) is 12.8 Å². The van der Waals surface area contributed by atoms with Gasteiger partial charge in [-0.1, -0.05) is 23.2 Å². The number of nitrogens with two attached hydrogens (primary N) is 1. The topological polar surface area (TPSA) is 38.5 Å².